The number of methoxy groups -OCH3 is 1. The lowest BCUT2D eigenvalue weighted by molar-refractivity contribution is -0.157. The number of ether oxygens (including phenoxy) is 3. The SMILES string of the molecule is C/C=C(C)/C=C/C=C(C)/C=C/C1=C(C)C(=O)C(OC(=O)CCC(C)=O)CC1(C)C.C/C=C/C=C(C)/C=C/C=C(C)/C=C/C1=C(C)C(=O)C(OC(=O)CCC(=O)OC)CC1(C)C. The number of hydrogen-bond donors (Lipinski definition) is 0. The van der Waals surface area contributed by atoms with Crippen molar-refractivity contribution >= 4 is 35.3 Å². The molecule has 0 heterocycles. The summed E-state index contributed by atoms with van der Waals surface area (Å²) in [6, 6.07) is 0. The number of hydrogen-bond acceptors (Lipinski definition) is 9. The molecule has 2 aliphatic carbocycles. The van der Waals surface area contributed by atoms with Gasteiger partial charge in [-0.3, -0.25) is 24.0 Å². The quantitative estimate of drug-likeness (QED) is 0.0798. The van der Waals surface area contributed by atoms with Crippen molar-refractivity contribution in [3.63, 3.8) is 0 Å². The summed E-state index contributed by atoms with van der Waals surface area (Å²) in [7, 11) is 1.26. The van der Waals surface area contributed by atoms with Gasteiger partial charge in [-0.1, -0.05) is 135 Å². The number of ketones is 3. The van der Waals surface area contributed by atoms with Crippen LogP contribution in [0.1, 0.15) is 129 Å². The third kappa shape index (κ3) is 19.2. The van der Waals surface area contributed by atoms with Crippen LogP contribution in [0.4, 0.5) is 0 Å². The van der Waals surface area contributed by atoms with Crippen LogP contribution >= 0.6 is 0 Å². The minimum atomic E-state index is -0.834. The minimum Gasteiger partial charge on any atom is -0.469 e. The summed E-state index contributed by atoms with van der Waals surface area (Å²) in [6.07, 6.45) is 27.3. The van der Waals surface area contributed by atoms with E-state index < -0.39 is 30.1 Å². The molecule has 0 spiro atoms. The van der Waals surface area contributed by atoms with E-state index in [1.807, 2.05) is 154 Å². The lowest BCUT2D eigenvalue weighted by atomic mass is 9.71. The molecule has 2 atom stereocenters. The van der Waals surface area contributed by atoms with Crippen molar-refractivity contribution in [1.29, 1.82) is 0 Å². The van der Waals surface area contributed by atoms with Crippen LogP contribution in [-0.2, 0) is 43.0 Å². The van der Waals surface area contributed by atoms with Gasteiger partial charge in [-0.25, -0.2) is 0 Å². The Morgan fingerprint density at radius 3 is 1.34 bits per heavy atom. The number of allylic oxidation sites excluding steroid dienone is 20. The van der Waals surface area contributed by atoms with E-state index in [-0.39, 0.29) is 53.9 Å². The topological polar surface area (TPSA) is 130 Å². The standard InChI is InChI=1S/C27H36O5.C25H34O4/c1-8-9-11-19(2)12-10-13-20(3)14-15-22-21(4)26(30)23(18-27(22,5)6)32-25(29)17-16-24(28)31-7;1-8-17(2)10-9-11-18(3)12-14-21-20(5)24(28)22(16-25(21,6)7)29-23(27)15-13-19(4)26/h8-15,23H,16-18H2,1-7H3;8-12,14,22H,13,15-16H2,1-7H3/b9-8+,12-10+,15-14+,19-11+,20-13+;10-9+,14-12+,17-8+,18-11+. The summed E-state index contributed by atoms with van der Waals surface area (Å²) in [5.74, 6) is -1.97. The zero-order valence-corrected chi connectivity index (χ0v) is 39.2. The maximum Gasteiger partial charge on any atom is 0.307 e. The van der Waals surface area contributed by atoms with Crippen LogP contribution in [0.15, 0.2) is 130 Å². The van der Waals surface area contributed by atoms with Crippen molar-refractivity contribution in [3.05, 3.63) is 130 Å². The van der Waals surface area contributed by atoms with Crippen LogP contribution < -0.4 is 0 Å². The van der Waals surface area contributed by atoms with Gasteiger partial charge in [-0.2, -0.15) is 0 Å². The first kappa shape index (κ1) is 53.6. The normalized spacial score (nSPS) is 20.3. The second kappa shape index (κ2) is 26.0. The minimum absolute atomic E-state index is 0.0132. The molecule has 0 amide bonds. The summed E-state index contributed by atoms with van der Waals surface area (Å²) >= 11 is 0. The van der Waals surface area contributed by atoms with Gasteiger partial charge in [0.1, 0.15) is 5.78 Å². The average molecular weight is 839 g/mol. The molecule has 9 nitrogen and oxygen atoms in total. The Balaban J connectivity index is 0.000000613. The molecule has 332 valence electrons. The zero-order valence-electron chi connectivity index (χ0n) is 39.2. The Hall–Kier alpha value is -5.44. The molecule has 2 unspecified atom stereocenters. The van der Waals surface area contributed by atoms with E-state index in [0.717, 1.165) is 27.9 Å². The van der Waals surface area contributed by atoms with Crippen LogP contribution in [-0.4, -0.2) is 54.6 Å². The Morgan fingerprint density at radius 2 is 0.951 bits per heavy atom. The van der Waals surface area contributed by atoms with Crippen LogP contribution in [0.2, 0.25) is 0 Å². The number of carbonyl (C=O) groups excluding carboxylic acids is 6. The first-order valence-corrected chi connectivity index (χ1v) is 20.9. The maximum absolute atomic E-state index is 12.8. The highest BCUT2D eigenvalue weighted by atomic mass is 16.6. The van der Waals surface area contributed by atoms with Crippen molar-refractivity contribution in [2.24, 2.45) is 10.8 Å². The number of esters is 3. The highest BCUT2D eigenvalue weighted by molar-refractivity contribution is 6.02. The summed E-state index contributed by atoms with van der Waals surface area (Å²) < 4.78 is 15.3. The predicted molar refractivity (Wildman–Crippen MR) is 245 cm³/mol. The van der Waals surface area contributed by atoms with E-state index >= 15 is 0 Å². The van der Waals surface area contributed by atoms with E-state index in [9.17, 15) is 28.8 Å². The van der Waals surface area contributed by atoms with Crippen LogP contribution in [0.3, 0.4) is 0 Å². The molecular formula is C52H70O9. The molecule has 61 heavy (non-hydrogen) atoms. The Morgan fingerprint density at radius 1 is 0.574 bits per heavy atom. The van der Waals surface area contributed by atoms with E-state index in [4.69, 9.17) is 9.47 Å². The van der Waals surface area contributed by atoms with Gasteiger partial charge in [-0.15, -0.1) is 0 Å². The number of Topliss-reactive ketones (excluding diaryl/α,β-unsaturated/α-hetero) is 3. The van der Waals surface area contributed by atoms with Crippen molar-refractivity contribution in [2.45, 2.75) is 141 Å². The monoisotopic (exact) mass is 839 g/mol. The number of rotatable bonds is 17. The first-order chi connectivity index (χ1) is 28.5. The van der Waals surface area contributed by atoms with Crippen molar-refractivity contribution < 1.29 is 43.0 Å². The molecule has 0 aromatic rings. The van der Waals surface area contributed by atoms with Gasteiger partial charge in [0, 0.05) is 19.3 Å². The second-order valence-electron chi connectivity index (χ2n) is 16.9. The van der Waals surface area contributed by atoms with Crippen LogP contribution in [0.5, 0.6) is 0 Å². The highest BCUT2D eigenvalue weighted by Gasteiger charge is 2.41. The van der Waals surface area contributed by atoms with Gasteiger partial charge in [0.25, 0.3) is 0 Å². The molecule has 0 saturated carbocycles. The molecule has 0 saturated heterocycles. The Labute approximate surface area is 365 Å². The molecule has 2 rings (SSSR count). The number of carbonyl (C=O) groups is 6. The second-order valence-corrected chi connectivity index (χ2v) is 16.9. The molecular weight excluding hydrogens is 769 g/mol. The van der Waals surface area contributed by atoms with Gasteiger partial charge in [-0.05, 0) is 95.4 Å². The van der Waals surface area contributed by atoms with Gasteiger partial charge in [0.2, 0.25) is 0 Å². The van der Waals surface area contributed by atoms with E-state index in [1.54, 1.807) is 13.8 Å². The maximum atomic E-state index is 12.8. The Bertz CT molecular complexity index is 1980. The summed E-state index contributed by atoms with van der Waals surface area (Å²) in [6.45, 7) is 25.2. The van der Waals surface area contributed by atoms with Crippen molar-refractivity contribution in [3.8, 4) is 0 Å². The van der Waals surface area contributed by atoms with Crippen LogP contribution in [0, 0.1) is 10.8 Å². The summed E-state index contributed by atoms with van der Waals surface area (Å²) in [4.78, 5) is 71.9. The fourth-order valence-corrected chi connectivity index (χ4v) is 6.65. The third-order valence-corrected chi connectivity index (χ3v) is 10.4. The predicted octanol–water partition coefficient (Wildman–Crippen LogP) is 11.4. The zero-order chi connectivity index (χ0) is 46.5. The first-order valence-electron chi connectivity index (χ1n) is 20.9. The Kier molecular flexibility index (Phi) is 22.9. The molecule has 0 aromatic heterocycles. The molecule has 0 N–H and O–H groups in total. The van der Waals surface area contributed by atoms with Gasteiger partial charge in [0.05, 0.1) is 26.4 Å². The fourth-order valence-electron chi connectivity index (χ4n) is 6.65. The highest BCUT2D eigenvalue weighted by Crippen LogP contribution is 2.42. The third-order valence-electron chi connectivity index (χ3n) is 10.4. The molecule has 0 radical (unpaired) electrons. The average Bonchev–Trinajstić information content (AvgIpc) is 3.18. The lowest BCUT2D eigenvalue weighted by Gasteiger charge is -2.36. The summed E-state index contributed by atoms with van der Waals surface area (Å²) in [5, 5.41) is 0. The van der Waals surface area contributed by atoms with Gasteiger partial charge < -0.3 is 19.0 Å². The smallest absolute Gasteiger partial charge is 0.307 e. The molecule has 9 heteroatoms. The molecule has 0 fully saturated rings. The lowest BCUT2D eigenvalue weighted by Crippen LogP contribution is -2.39. The van der Waals surface area contributed by atoms with Crippen LogP contribution in [0.25, 0.3) is 0 Å². The van der Waals surface area contributed by atoms with Gasteiger partial charge >= 0.3 is 17.9 Å². The van der Waals surface area contributed by atoms with E-state index in [2.05, 4.69) is 4.74 Å². The molecule has 2 aliphatic rings. The molecule has 0 aromatic carbocycles. The fraction of sp³-hybridized carbons (Fsp3) is 0.462. The summed E-state index contributed by atoms with van der Waals surface area (Å²) in [5.41, 5.74) is 6.94. The van der Waals surface area contributed by atoms with E-state index in [1.165, 1.54) is 19.6 Å². The largest absolute Gasteiger partial charge is 0.469 e. The van der Waals surface area contributed by atoms with E-state index in [0.29, 0.717) is 24.0 Å². The molecule has 0 bridgehead atoms. The molecule has 0 aliphatic heterocycles. The van der Waals surface area contributed by atoms with Crippen molar-refractivity contribution in [1.82, 2.24) is 0 Å². The van der Waals surface area contributed by atoms with Crippen molar-refractivity contribution in [2.75, 3.05) is 7.11 Å². The van der Waals surface area contributed by atoms with Gasteiger partial charge in [0.15, 0.2) is 23.8 Å².